The fraction of sp³-hybridized carbons (Fsp3) is 0.400. The van der Waals surface area contributed by atoms with Gasteiger partial charge in [0.25, 0.3) is 5.91 Å². The number of aromatic amines is 1. The SMILES string of the molecule is O=C(NCC1CNCC1O)c1ccc(CSc2ncn[nH]2)cc1. The van der Waals surface area contributed by atoms with Crippen LogP contribution in [-0.4, -0.2) is 51.9 Å². The first-order valence-corrected chi connectivity index (χ1v) is 8.45. The van der Waals surface area contributed by atoms with E-state index >= 15 is 0 Å². The second kappa shape index (κ2) is 7.58. The summed E-state index contributed by atoms with van der Waals surface area (Å²) in [5.41, 5.74) is 1.73. The number of aliphatic hydroxyl groups is 1. The summed E-state index contributed by atoms with van der Waals surface area (Å²) in [6.07, 6.45) is 1.10. The van der Waals surface area contributed by atoms with Crippen LogP contribution >= 0.6 is 11.8 Å². The molecule has 4 N–H and O–H groups in total. The van der Waals surface area contributed by atoms with E-state index in [0.717, 1.165) is 23.0 Å². The van der Waals surface area contributed by atoms with Crippen molar-refractivity contribution >= 4 is 17.7 Å². The van der Waals surface area contributed by atoms with Crippen LogP contribution in [0.5, 0.6) is 0 Å². The van der Waals surface area contributed by atoms with Crippen molar-refractivity contribution in [3.63, 3.8) is 0 Å². The van der Waals surface area contributed by atoms with Crippen molar-refractivity contribution in [2.45, 2.75) is 17.0 Å². The lowest BCUT2D eigenvalue weighted by Gasteiger charge is -2.14. The lowest BCUT2D eigenvalue weighted by Crippen LogP contribution is -2.34. The summed E-state index contributed by atoms with van der Waals surface area (Å²) >= 11 is 1.56. The van der Waals surface area contributed by atoms with E-state index < -0.39 is 0 Å². The minimum Gasteiger partial charge on any atom is -0.391 e. The fourth-order valence-electron chi connectivity index (χ4n) is 2.42. The molecule has 122 valence electrons. The summed E-state index contributed by atoms with van der Waals surface area (Å²) < 4.78 is 0. The highest BCUT2D eigenvalue weighted by Gasteiger charge is 2.25. The number of benzene rings is 1. The second-order valence-electron chi connectivity index (χ2n) is 5.47. The topological polar surface area (TPSA) is 103 Å². The van der Waals surface area contributed by atoms with Crippen LogP contribution in [0.4, 0.5) is 0 Å². The van der Waals surface area contributed by atoms with Crippen molar-refractivity contribution in [3.8, 4) is 0 Å². The normalized spacial score (nSPS) is 20.6. The van der Waals surface area contributed by atoms with E-state index in [4.69, 9.17) is 0 Å². The van der Waals surface area contributed by atoms with Crippen LogP contribution in [0.25, 0.3) is 0 Å². The highest BCUT2D eigenvalue weighted by molar-refractivity contribution is 7.98. The molecular formula is C15H19N5O2S. The number of rotatable bonds is 6. The number of H-pyrrole nitrogens is 1. The molecule has 1 fully saturated rings. The fourth-order valence-corrected chi connectivity index (χ4v) is 3.16. The van der Waals surface area contributed by atoms with E-state index in [1.165, 1.54) is 6.33 Å². The lowest BCUT2D eigenvalue weighted by atomic mass is 10.1. The molecule has 2 heterocycles. The molecule has 1 aliphatic rings. The van der Waals surface area contributed by atoms with Crippen molar-refractivity contribution in [2.75, 3.05) is 19.6 Å². The number of carbonyl (C=O) groups is 1. The molecule has 0 spiro atoms. The van der Waals surface area contributed by atoms with Gasteiger partial charge in [-0.15, -0.1) is 0 Å². The van der Waals surface area contributed by atoms with Gasteiger partial charge in [0.05, 0.1) is 6.10 Å². The Labute approximate surface area is 138 Å². The number of aliphatic hydroxyl groups excluding tert-OH is 1. The first kappa shape index (κ1) is 16.0. The standard InChI is InChI=1S/C15H19N5O2S/c21-13-7-16-5-12(13)6-17-14(22)11-3-1-10(2-4-11)8-23-15-18-9-19-20-15/h1-4,9,12-13,16,21H,5-8H2,(H,17,22)(H,18,19,20). The Morgan fingerprint density at radius 2 is 2.17 bits per heavy atom. The average Bonchev–Trinajstić information content (AvgIpc) is 3.23. The molecular weight excluding hydrogens is 314 g/mol. The zero-order chi connectivity index (χ0) is 16.1. The summed E-state index contributed by atoms with van der Waals surface area (Å²) in [5, 5.41) is 23.1. The molecule has 1 amide bonds. The van der Waals surface area contributed by atoms with Crippen molar-refractivity contribution in [1.29, 1.82) is 0 Å². The highest BCUT2D eigenvalue weighted by Crippen LogP contribution is 2.18. The summed E-state index contributed by atoms with van der Waals surface area (Å²) in [4.78, 5) is 16.2. The van der Waals surface area contributed by atoms with Crippen LogP contribution in [0.3, 0.4) is 0 Å². The van der Waals surface area contributed by atoms with Crippen LogP contribution in [-0.2, 0) is 5.75 Å². The van der Waals surface area contributed by atoms with Gasteiger partial charge < -0.3 is 15.7 Å². The van der Waals surface area contributed by atoms with Gasteiger partial charge in [-0.1, -0.05) is 23.9 Å². The number of amides is 1. The Morgan fingerprint density at radius 3 is 2.83 bits per heavy atom. The largest absolute Gasteiger partial charge is 0.391 e. The van der Waals surface area contributed by atoms with Gasteiger partial charge in [-0.3, -0.25) is 9.89 Å². The van der Waals surface area contributed by atoms with Gasteiger partial charge in [-0.2, -0.15) is 5.10 Å². The third-order valence-corrected chi connectivity index (χ3v) is 4.76. The van der Waals surface area contributed by atoms with Crippen molar-refractivity contribution in [2.24, 2.45) is 5.92 Å². The molecule has 0 saturated carbocycles. The number of thioether (sulfide) groups is 1. The van der Waals surface area contributed by atoms with Crippen LogP contribution in [0, 0.1) is 5.92 Å². The Bertz CT molecular complexity index is 632. The molecule has 8 heteroatoms. The van der Waals surface area contributed by atoms with E-state index in [-0.39, 0.29) is 17.9 Å². The molecule has 23 heavy (non-hydrogen) atoms. The van der Waals surface area contributed by atoms with Crippen molar-refractivity contribution < 1.29 is 9.90 Å². The minimum atomic E-state index is -0.384. The molecule has 1 saturated heterocycles. The first-order valence-electron chi connectivity index (χ1n) is 7.46. The maximum absolute atomic E-state index is 12.1. The van der Waals surface area contributed by atoms with Crippen LogP contribution < -0.4 is 10.6 Å². The van der Waals surface area contributed by atoms with Gasteiger partial charge in [0, 0.05) is 36.9 Å². The van der Waals surface area contributed by atoms with Crippen molar-refractivity contribution in [1.82, 2.24) is 25.8 Å². The maximum Gasteiger partial charge on any atom is 0.251 e. The number of aromatic nitrogens is 3. The van der Waals surface area contributed by atoms with Crippen LogP contribution in [0.1, 0.15) is 15.9 Å². The molecule has 0 bridgehead atoms. The molecule has 1 aromatic carbocycles. The Kier molecular flexibility index (Phi) is 5.27. The van der Waals surface area contributed by atoms with E-state index in [0.29, 0.717) is 18.7 Å². The predicted molar refractivity (Wildman–Crippen MR) is 87.1 cm³/mol. The smallest absolute Gasteiger partial charge is 0.251 e. The molecule has 7 nitrogen and oxygen atoms in total. The number of nitrogens with zero attached hydrogens (tertiary/aromatic N) is 2. The summed E-state index contributed by atoms with van der Waals surface area (Å²) in [7, 11) is 0. The summed E-state index contributed by atoms with van der Waals surface area (Å²) in [6, 6.07) is 7.50. The third-order valence-electron chi connectivity index (χ3n) is 3.81. The number of nitrogens with one attached hydrogen (secondary N) is 3. The van der Waals surface area contributed by atoms with Gasteiger partial charge in [0.15, 0.2) is 5.16 Å². The zero-order valence-corrected chi connectivity index (χ0v) is 13.3. The molecule has 2 atom stereocenters. The number of β-amino-alcohol motifs (C(OH)–C–C–N with tert-alkyl or cyclic N) is 1. The summed E-state index contributed by atoms with van der Waals surface area (Å²) in [5.74, 6) is 0.729. The van der Waals surface area contributed by atoms with Gasteiger partial charge in [0.2, 0.25) is 0 Å². The van der Waals surface area contributed by atoms with Gasteiger partial charge in [-0.25, -0.2) is 4.98 Å². The molecule has 1 aromatic heterocycles. The predicted octanol–water partition coefficient (Wildman–Crippen LogP) is 0.407. The quantitative estimate of drug-likeness (QED) is 0.571. The van der Waals surface area contributed by atoms with Crippen molar-refractivity contribution in [3.05, 3.63) is 41.7 Å². The number of hydrogen-bond donors (Lipinski definition) is 4. The maximum atomic E-state index is 12.1. The van der Waals surface area contributed by atoms with Gasteiger partial charge in [0.1, 0.15) is 6.33 Å². The number of carbonyl (C=O) groups excluding carboxylic acids is 1. The number of hydrogen-bond acceptors (Lipinski definition) is 6. The van der Waals surface area contributed by atoms with Crippen LogP contribution in [0.2, 0.25) is 0 Å². The van der Waals surface area contributed by atoms with Gasteiger partial charge >= 0.3 is 0 Å². The molecule has 0 aliphatic carbocycles. The summed E-state index contributed by atoms with van der Waals surface area (Å²) in [6.45, 7) is 1.81. The second-order valence-corrected chi connectivity index (χ2v) is 6.44. The van der Waals surface area contributed by atoms with Crippen LogP contribution in [0.15, 0.2) is 35.7 Å². The molecule has 0 radical (unpaired) electrons. The van der Waals surface area contributed by atoms with E-state index in [1.807, 2.05) is 24.3 Å². The first-order chi connectivity index (χ1) is 11.2. The molecule has 1 aliphatic heterocycles. The van der Waals surface area contributed by atoms with Gasteiger partial charge in [-0.05, 0) is 17.7 Å². The third kappa shape index (κ3) is 4.31. The highest BCUT2D eigenvalue weighted by atomic mass is 32.2. The molecule has 2 unspecified atom stereocenters. The van der Waals surface area contributed by atoms with E-state index in [2.05, 4.69) is 25.8 Å². The molecule has 2 aromatic rings. The van der Waals surface area contributed by atoms with E-state index in [1.54, 1.807) is 11.8 Å². The Hall–Kier alpha value is -1.90. The zero-order valence-electron chi connectivity index (χ0n) is 12.5. The lowest BCUT2D eigenvalue weighted by molar-refractivity contribution is 0.0927. The Balaban J connectivity index is 1.49. The average molecular weight is 333 g/mol. The molecule has 3 rings (SSSR count). The van der Waals surface area contributed by atoms with E-state index in [9.17, 15) is 9.90 Å². The minimum absolute atomic E-state index is 0.0801. The Morgan fingerprint density at radius 1 is 1.35 bits per heavy atom. The monoisotopic (exact) mass is 333 g/mol.